The van der Waals surface area contributed by atoms with E-state index in [-0.39, 0.29) is 28.4 Å². The van der Waals surface area contributed by atoms with Gasteiger partial charge in [-0.15, -0.1) is 0 Å². The Morgan fingerprint density at radius 3 is 1.90 bits per heavy atom. The molecule has 0 radical (unpaired) electrons. The van der Waals surface area contributed by atoms with Crippen molar-refractivity contribution in [2.75, 3.05) is 20.3 Å². The Hall–Kier alpha value is -5.34. The van der Waals surface area contributed by atoms with Gasteiger partial charge < -0.3 is 118 Å². The van der Waals surface area contributed by atoms with Crippen molar-refractivity contribution in [3.63, 3.8) is 0 Å². The molecule has 4 saturated heterocycles. The number of carbonyl (C=O) groups excluding carboxylic acids is 1. The number of phenolic OH excluding ortho intramolecular Hbond substituents is 2. The van der Waals surface area contributed by atoms with E-state index in [1.165, 1.54) is 63.4 Å². The Kier molecular flexibility index (Phi) is 16.4. The molecule has 4 aromatic rings. The number of para-hydroxylation sites is 1. The summed E-state index contributed by atoms with van der Waals surface area (Å²) in [4.78, 5) is 28.2. The first-order valence-electron chi connectivity index (χ1n) is 22.8. The number of esters is 1. The molecular weight excluding hydrogens is 980 g/mol. The summed E-state index contributed by atoms with van der Waals surface area (Å²) in [5.41, 5.74) is -1.58. The summed E-state index contributed by atoms with van der Waals surface area (Å²) in [6.45, 7) is 1.13. The molecule has 8 rings (SSSR count). The first-order valence-corrected chi connectivity index (χ1v) is 22.8. The number of aliphatic hydroxyl groups excluding tert-OH is 11. The Bertz CT molecular complexity index is 2590. The molecule has 26 heteroatoms. The zero-order valence-electron chi connectivity index (χ0n) is 38.9. The van der Waals surface area contributed by atoms with E-state index in [1.807, 2.05) is 0 Å². The largest absolute Gasteiger partial charge is 0.508 e. The second-order valence-corrected chi connectivity index (χ2v) is 17.8. The summed E-state index contributed by atoms with van der Waals surface area (Å²) in [6, 6.07) is 13.1. The molecule has 73 heavy (non-hydrogen) atoms. The van der Waals surface area contributed by atoms with E-state index < -0.39 is 176 Å². The van der Waals surface area contributed by atoms with Gasteiger partial charge in [0.25, 0.3) is 0 Å². The van der Waals surface area contributed by atoms with Gasteiger partial charge in [0.15, 0.2) is 30.5 Å². The van der Waals surface area contributed by atoms with Crippen LogP contribution in [0.2, 0.25) is 0 Å². The van der Waals surface area contributed by atoms with Gasteiger partial charge in [0.2, 0.25) is 23.8 Å². The fourth-order valence-corrected chi connectivity index (χ4v) is 8.67. The number of fused-ring (bicyclic) bond motifs is 1. The average molecular weight is 1040 g/mol. The number of hydrogen-bond acceptors (Lipinski definition) is 26. The predicted octanol–water partition coefficient (Wildman–Crippen LogP) is -3.19. The van der Waals surface area contributed by atoms with Gasteiger partial charge in [-0.25, -0.2) is 4.79 Å². The summed E-state index contributed by atoms with van der Waals surface area (Å²) in [7, 11) is 1.32. The van der Waals surface area contributed by atoms with E-state index in [9.17, 15) is 76.0 Å². The van der Waals surface area contributed by atoms with E-state index >= 15 is 0 Å². The number of aliphatic hydroxyl groups is 11. The van der Waals surface area contributed by atoms with Gasteiger partial charge in [-0.3, -0.25) is 4.79 Å². The maximum Gasteiger partial charge on any atom is 0.342 e. The van der Waals surface area contributed by atoms with Gasteiger partial charge in [0, 0.05) is 17.7 Å². The molecule has 20 atom stereocenters. The number of rotatable bonds is 14. The van der Waals surface area contributed by atoms with Crippen molar-refractivity contribution in [2.45, 2.75) is 137 Å². The number of phenols is 2. The van der Waals surface area contributed by atoms with Gasteiger partial charge in [-0.1, -0.05) is 12.1 Å². The van der Waals surface area contributed by atoms with Gasteiger partial charge in [-0.05, 0) is 50.2 Å². The molecule has 3 aromatic carbocycles. The average Bonchev–Trinajstić information content (AvgIpc) is 3.37. The van der Waals surface area contributed by atoms with Crippen molar-refractivity contribution < 1.29 is 123 Å². The van der Waals surface area contributed by atoms with E-state index in [0.717, 1.165) is 12.1 Å². The highest BCUT2D eigenvalue weighted by molar-refractivity contribution is 5.92. The molecule has 20 unspecified atom stereocenters. The molecule has 4 aliphatic heterocycles. The summed E-state index contributed by atoms with van der Waals surface area (Å²) < 4.78 is 63.6. The third-order valence-electron chi connectivity index (χ3n) is 12.9. The lowest BCUT2D eigenvalue weighted by atomic mass is 9.97. The van der Waals surface area contributed by atoms with Crippen LogP contribution in [0.25, 0.3) is 22.3 Å². The minimum atomic E-state index is -2.15. The maximum atomic E-state index is 14.8. The second-order valence-electron chi connectivity index (χ2n) is 17.8. The van der Waals surface area contributed by atoms with Crippen LogP contribution in [0.15, 0.2) is 69.9 Å². The maximum absolute atomic E-state index is 14.8. The quantitative estimate of drug-likeness (QED) is 0.0553. The molecule has 0 aliphatic carbocycles. The fraction of sp³-hybridized carbons (Fsp3) is 0.532. The van der Waals surface area contributed by atoms with Crippen LogP contribution in [-0.2, 0) is 33.2 Å². The molecule has 4 fully saturated rings. The highest BCUT2D eigenvalue weighted by Crippen LogP contribution is 2.40. The third kappa shape index (κ3) is 10.8. The topological polar surface area (TPSA) is 403 Å². The zero-order valence-corrected chi connectivity index (χ0v) is 38.9. The lowest BCUT2D eigenvalue weighted by Gasteiger charge is -2.46. The van der Waals surface area contributed by atoms with Crippen LogP contribution < -0.4 is 19.6 Å². The minimum Gasteiger partial charge on any atom is -0.508 e. The van der Waals surface area contributed by atoms with Crippen LogP contribution in [0.4, 0.5) is 0 Å². The Morgan fingerprint density at radius 2 is 1.22 bits per heavy atom. The lowest BCUT2D eigenvalue weighted by Crippen LogP contribution is -2.65. The minimum absolute atomic E-state index is 0.0171. The summed E-state index contributed by atoms with van der Waals surface area (Å²) >= 11 is 0. The van der Waals surface area contributed by atoms with E-state index in [0.29, 0.717) is 0 Å². The Labute approximate surface area is 412 Å². The van der Waals surface area contributed by atoms with Crippen molar-refractivity contribution in [1.29, 1.82) is 0 Å². The van der Waals surface area contributed by atoms with E-state index in [2.05, 4.69) is 0 Å². The van der Waals surface area contributed by atoms with Crippen LogP contribution in [0.3, 0.4) is 0 Å². The molecule has 0 amide bonds. The number of carbonyl (C=O) groups is 1. The summed E-state index contributed by atoms with van der Waals surface area (Å²) in [6.07, 6.45) is -35.0. The molecule has 1 aromatic heterocycles. The molecule has 26 nitrogen and oxygen atoms in total. The normalized spacial score (nSPS) is 36.8. The summed E-state index contributed by atoms with van der Waals surface area (Å²) in [5.74, 6) is -3.47. The first-order chi connectivity index (χ1) is 34.7. The van der Waals surface area contributed by atoms with E-state index in [1.54, 1.807) is 6.07 Å². The van der Waals surface area contributed by atoms with Gasteiger partial charge in [0.1, 0.15) is 113 Å². The second kappa shape index (κ2) is 22.2. The van der Waals surface area contributed by atoms with Crippen molar-refractivity contribution in [3.05, 3.63) is 76.5 Å². The monoisotopic (exact) mass is 1040 g/mol. The molecule has 400 valence electrons. The third-order valence-corrected chi connectivity index (χ3v) is 12.9. The number of aromatic hydroxyl groups is 2. The Balaban J connectivity index is 1.16. The smallest absolute Gasteiger partial charge is 0.342 e. The summed E-state index contributed by atoms with van der Waals surface area (Å²) in [5, 5.41) is 139. The van der Waals surface area contributed by atoms with Crippen LogP contribution in [0.5, 0.6) is 28.7 Å². The van der Waals surface area contributed by atoms with E-state index in [4.69, 9.17) is 51.8 Å². The lowest BCUT2D eigenvalue weighted by molar-refractivity contribution is -0.362. The number of ether oxygens (including phenoxy) is 10. The number of methoxy groups -OCH3 is 1. The standard InChI is InChI=1S/C47H56O26/c1-16-28(51)33(56)37(60)44(65-16)64-15-26-31(54)36(59)42(73-45-38(61)34(57)30(53)25(14-48)69-45)47(70-26)72-40-32(55)27-22(50)12-20(13-24(27)68-39(40)18-8-10-19(49)11-9-18)67-46-41(35(58)29(52)17(2)66-46)71-43(62)21-6-4-5-7-23(21)63-3/h4-13,16-17,25-26,28-31,33-38,41-42,44-54,56-61H,14-15H2,1-3H3. The van der Waals surface area contributed by atoms with Gasteiger partial charge in [0.05, 0.1) is 32.5 Å². The van der Waals surface area contributed by atoms with Crippen molar-refractivity contribution >= 4 is 16.9 Å². The van der Waals surface area contributed by atoms with Crippen LogP contribution in [0, 0.1) is 0 Å². The van der Waals surface area contributed by atoms with Crippen molar-refractivity contribution in [1.82, 2.24) is 0 Å². The van der Waals surface area contributed by atoms with Gasteiger partial charge in [-0.2, -0.15) is 0 Å². The van der Waals surface area contributed by atoms with Crippen LogP contribution >= 0.6 is 0 Å². The van der Waals surface area contributed by atoms with Crippen LogP contribution in [0.1, 0.15) is 24.2 Å². The van der Waals surface area contributed by atoms with Gasteiger partial charge >= 0.3 is 5.97 Å². The number of benzene rings is 3. The SMILES string of the molecule is COc1ccccc1C(=O)OC1C(Oc2cc(O)c3c(=O)c(OC4OC(COC5OC(C)C(O)C(O)C5O)C(O)C(O)C4OC4OC(CO)C(O)C(O)C4O)c(-c4ccc(O)cc4)oc3c2)OC(C)C(O)C1O. The Morgan fingerprint density at radius 1 is 0.630 bits per heavy atom. The van der Waals surface area contributed by atoms with Crippen molar-refractivity contribution in [3.8, 4) is 40.1 Å². The van der Waals surface area contributed by atoms with Crippen molar-refractivity contribution in [2.24, 2.45) is 0 Å². The molecule has 0 spiro atoms. The molecule has 4 aliphatic rings. The molecule has 13 N–H and O–H groups in total. The van der Waals surface area contributed by atoms with Crippen LogP contribution in [-0.4, -0.2) is 216 Å². The zero-order chi connectivity index (χ0) is 52.7. The molecule has 0 bridgehead atoms. The molecule has 5 heterocycles. The fourth-order valence-electron chi connectivity index (χ4n) is 8.67. The predicted molar refractivity (Wildman–Crippen MR) is 239 cm³/mol. The molecule has 0 saturated carbocycles. The highest BCUT2D eigenvalue weighted by atomic mass is 16.8. The molecular formula is C47H56O26. The highest BCUT2D eigenvalue weighted by Gasteiger charge is 2.53. The number of hydrogen-bond donors (Lipinski definition) is 13. The first kappa shape index (κ1) is 53.9.